The van der Waals surface area contributed by atoms with E-state index in [9.17, 15) is 9.90 Å². The van der Waals surface area contributed by atoms with Crippen molar-refractivity contribution in [2.45, 2.75) is 32.3 Å². The number of nitrogens with one attached hydrogen (secondary N) is 1. The van der Waals surface area contributed by atoms with E-state index in [-0.39, 0.29) is 17.6 Å². The summed E-state index contributed by atoms with van der Waals surface area (Å²) in [6.07, 6.45) is 4.15. The fraction of sp³-hybridized carbons (Fsp3) is 0.538. The van der Waals surface area contributed by atoms with Gasteiger partial charge in [0.1, 0.15) is 11.4 Å². The maximum atomic E-state index is 11.2. The number of carboxylic acids is 1. The monoisotopic (exact) mass is 250 g/mol. The van der Waals surface area contributed by atoms with Gasteiger partial charge in [0.2, 0.25) is 0 Å². The predicted octanol–water partition coefficient (Wildman–Crippen LogP) is 1.66. The van der Waals surface area contributed by atoms with Crippen molar-refractivity contribution in [3.05, 3.63) is 23.4 Å². The molecule has 1 aliphatic rings. The van der Waals surface area contributed by atoms with Crippen LogP contribution >= 0.6 is 0 Å². The molecule has 1 heterocycles. The molecular formula is C13H18N2O3. The van der Waals surface area contributed by atoms with Gasteiger partial charge in [-0.05, 0) is 31.4 Å². The number of aliphatic hydroxyl groups excluding tert-OH is 1. The van der Waals surface area contributed by atoms with Gasteiger partial charge in [0, 0.05) is 18.7 Å². The molecule has 5 nitrogen and oxygen atoms in total. The van der Waals surface area contributed by atoms with E-state index in [0.717, 1.165) is 19.3 Å². The number of aliphatic hydroxyl groups is 1. The van der Waals surface area contributed by atoms with Gasteiger partial charge >= 0.3 is 5.97 Å². The van der Waals surface area contributed by atoms with Crippen LogP contribution in [0, 0.1) is 12.8 Å². The lowest BCUT2D eigenvalue weighted by Gasteiger charge is -2.16. The molecule has 1 fully saturated rings. The molecule has 98 valence electrons. The number of rotatable bonds is 4. The van der Waals surface area contributed by atoms with Crippen molar-refractivity contribution >= 4 is 11.8 Å². The SMILES string of the molecule is Cc1ccnc(NCC2CCCC2O)c1C(=O)O. The summed E-state index contributed by atoms with van der Waals surface area (Å²) >= 11 is 0. The van der Waals surface area contributed by atoms with Gasteiger partial charge in [-0.15, -0.1) is 0 Å². The number of carboxylic acid groups (broad SMARTS) is 1. The van der Waals surface area contributed by atoms with Crippen LogP contribution in [0.1, 0.15) is 35.2 Å². The third kappa shape index (κ3) is 2.61. The summed E-state index contributed by atoms with van der Waals surface area (Å²) in [5.41, 5.74) is 0.900. The van der Waals surface area contributed by atoms with Crippen LogP contribution in [-0.2, 0) is 0 Å². The molecule has 0 bridgehead atoms. The molecule has 1 aromatic rings. The molecule has 0 aliphatic heterocycles. The highest BCUT2D eigenvalue weighted by Crippen LogP contribution is 2.26. The van der Waals surface area contributed by atoms with E-state index in [1.165, 1.54) is 0 Å². The van der Waals surface area contributed by atoms with Crippen molar-refractivity contribution in [3.63, 3.8) is 0 Å². The molecular weight excluding hydrogens is 232 g/mol. The van der Waals surface area contributed by atoms with E-state index in [0.29, 0.717) is 17.9 Å². The zero-order valence-corrected chi connectivity index (χ0v) is 10.4. The molecule has 0 saturated heterocycles. The van der Waals surface area contributed by atoms with E-state index in [4.69, 9.17) is 5.11 Å². The fourth-order valence-corrected chi connectivity index (χ4v) is 2.45. The number of hydrogen-bond acceptors (Lipinski definition) is 4. The normalized spacial score (nSPS) is 23.0. The highest BCUT2D eigenvalue weighted by Gasteiger charge is 2.25. The van der Waals surface area contributed by atoms with Crippen molar-refractivity contribution in [1.82, 2.24) is 4.98 Å². The molecule has 0 amide bonds. The van der Waals surface area contributed by atoms with E-state index in [1.54, 1.807) is 19.2 Å². The summed E-state index contributed by atoms with van der Waals surface area (Å²) in [7, 11) is 0. The highest BCUT2D eigenvalue weighted by molar-refractivity contribution is 5.94. The Bertz CT molecular complexity index is 448. The molecule has 5 heteroatoms. The number of aromatic nitrogens is 1. The minimum atomic E-state index is -0.977. The molecule has 3 N–H and O–H groups in total. The second kappa shape index (κ2) is 5.35. The van der Waals surface area contributed by atoms with E-state index >= 15 is 0 Å². The Labute approximate surface area is 106 Å². The van der Waals surface area contributed by atoms with Crippen LogP contribution in [0.25, 0.3) is 0 Å². The minimum absolute atomic E-state index is 0.189. The number of carbonyl (C=O) groups is 1. The summed E-state index contributed by atoms with van der Waals surface area (Å²) in [4.78, 5) is 15.2. The average Bonchev–Trinajstić information content (AvgIpc) is 2.71. The Kier molecular flexibility index (Phi) is 3.81. The second-order valence-electron chi connectivity index (χ2n) is 4.80. The fourth-order valence-electron chi connectivity index (χ4n) is 2.45. The first kappa shape index (κ1) is 12.8. The Balaban J connectivity index is 2.09. The average molecular weight is 250 g/mol. The third-order valence-electron chi connectivity index (χ3n) is 3.52. The summed E-state index contributed by atoms with van der Waals surface area (Å²) in [6, 6.07) is 1.68. The van der Waals surface area contributed by atoms with Gasteiger partial charge in [-0.25, -0.2) is 9.78 Å². The predicted molar refractivity (Wildman–Crippen MR) is 67.8 cm³/mol. The Morgan fingerprint density at radius 2 is 2.33 bits per heavy atom. The zero-order valence-electron chi connectivity index (χ0n) is 10.4. The smallest absolute Gasteiger partial charge is 0.339 e. The van der Waals surface area contributed by atoms with Gasteiger partial charge in [0.05, 0.1) is 6.10 Å². The van der Waals surface area contributed by atoms with Crippen LogP contribution in [0.5, 0.6) is 0 Å². The number of aryl methyl sites for hydroxylation is 1. The number of anilines is 1. The third-order valence-corrected chi connectivity index (χ3v) is 3.52. The van der Waals surface area contributed by atoms with Gasteiger partial charge in [-0.3, -0.25) is 0 Å². The summed E-state index contributed by atoms with van der Waals surface area (Å²) in [6.45, 7) is 2.32. The van der Waals surface area contributed by atoms with Crippen LogP contribution in [0.4, 0.5) is 5.82 Å². The molecule has 1 aromatic heterocycles. The largest absolute Gasteiger partial charge is 0.478 e. The van der Waals surface area contributed by atoms with Gasteiger partial charge < -0.3 is 15.5 Å². The molecule has 1 aliphatic carbocycles. The number of nitrogens with zero attached hydrogens (tertiary/aromatic N) is 1. The number of hydrogen-bond donors (Lipinski definition) is 3. The van der Waals surface area contributed by atoms with Gasteiger partial charge in [-0.2, -0.15) is 0 Å². The summed E-state index contributed by atoms with van der Waals surface area (Å²) < 4.78 is 0. The van der Waals surface area contributed by atoms with E-state index in [1.807, 2.05) is 0 Å². The lowest BCUT2D eigenvalue weighted by atomic mass is 10.1. The quantitative estimate of drug-likeness (QED) is 0.757. The molecule has 1 saturated carbocycles. The standard InChI is InChI=1S/C13H18N2O3/c1-8-5-6-14-12(11(8)13(17)18)15-7-9-3-2-4-10(9)16/h5-6,9-10,16H,2-4,7H2,1H3,(H,14,15)(H,17,18). The topological polar surface area (TPSA) is 82.5 Å². The molecule has 2 atom stereocenters. The van der Waals surface area contributed by atoms with Crippen molar-refractivity contribution in [2.75, 3.05) is 11.9 Å². The molecule has 0 radical (unpaired) electrons. The lowest BCUT2D eigenvalue weighted by Crippen LogP contribution is -2.23. The maximum absolute atomic E-state index is 11.2. The van der Waals surface area contributed by atoms with Gasteiger partial charge in [0.15, 0.2) is 0 Å². The Morgan fingerprint density at radius 3 is 2.94 bits per heavy atom. The van der Waals surface area contributed by atoms with Crippen LogP contribution in [0.2, 0.25) is 0 Å². The number of pyridine rings is 1. The van der Waals surface area contributed by atoms with Crippen molar-refractivity contribution in [3.8, 4) is 0 Å². The van der Waals surface area contributed by atoms with Crippen molar-refractivity contribution < 1.29 is 15.0 Å². The Morgan fingerprint density at radius 1 is 1.56 bits per heavy atom. The molecule has 18 heavy (non-hydrogen) atoms. The minimum Gasteiger partial charge on any atom is -0.478 e. The van der Waals surface area contributed by atoms with E-state index < -0.39 is 5.97 Å². The highest BCUT2D eigenvalue weighted by atomic mass is 16.4. The Hall–Kier alpha value is -1.62. The molecule has 0 aromatic carbocycles. The molecule has 2 rings (SSSR count). The van der Waals surface area contributed by atoms with Gasteiger partial charge in [-0.1, -0.05) is 6.42 Å². The van der Waals surface area contributed by atoms with E-state index in [2.05, 4.69) is 10.3 Å². The first-order chi connectivity index (χ1) is 8.59. The van der Waals surface area contributed by atoms with Crippen molar-refractivity contribution in [1.29, 1.82) is 0 Å². The zero-order chi connectivity index (χ0) is 13.1. The number of aromatic carboxylic acids is 1. The molecule has 2 unspecified atom stereocenters. The lowest BCUT2D eigenvalue weighted by molar-refractivity contribution is 0.0697. The second-order valence-corrected chi connectivity index (χ2v) is 4.80. The first-order valence-corrected chi connectivity index (χ1v) is 6.20. The van der Waals surface area contributed by atoms with Crippen LogP contribution in [0.15, 0.2) is 12.3 Å². The summed E-state index contributed by atoms with van der Waals surface area (Å²) in [5.74, 6) is -0.398. The molecule has 0 spiro atoms. The van der Waals surface area contributed by atoms with Crippen LogP contribution in [0.3, 0.4) is 0 Å². The van der Waals surface area contributed by atoms with Crippen LogP contribution in [-0.4, -0.2) is 33.8 Å². The van der Waals surface area contributed by atoms with Gasteiger partial charge in [0.25, 0.3) is 0 Å². The maximum Gasteiger partial charge on any atom is 0.339 e. The van der Waals surface area contributed by atoms with Crippen LogP contribution < -0.4 is 5.32 Å². The van der Waals surface area contributed by atoms with Crippen molar-refractivity contribution in [2.24, 2.45) is 5.92 Å². The summed E-state index contributed by atoms with van der Waals surface area (Å²) in [5, 5.41) is 21.9. The first-order valence-electron chi connectivity index (χ1n) is 6.20.